The third-order valence-electron chi connectivity index (χ3n) is 4.57. The number of halogens is 1. The van der Waals surface area contributed by atoms with Crippen molar-refractivity contribution in [1.29, 1.82) is 0 Å². The van der Waals surface area contributed by atoms with Crippen molar-refractivity contribution in [1.82, 2.24) is 10.9 Å². The second kappa shape index (κ2) is 7.10. The van der Waals surface area contributed by atoms with Crippen LogP contribution in [0.25, 0.3) is 0 Å². The van der Waals surface area contributed by atoms with Crippen LogP contribution in [0.2, 0.25) is 5.02 Å². The Morgan fingerprint density at radius 3 is 2.68 bits per heavy atom. The van der Waals surface area contributed by atoms with Gasteiger partial charge < -0.3 is 10.2 Å². The van der Waals surface area contributed by atoms with Crippen LogP contribution >= 0.6 is 11.6 Å². The van der Waals surface area contributed by atoms with E-state index >= 15 is 0 Å². The molecule has 2 heterocycles. The summed E-state index contributed by atoms with van der Waals surface area (Å²) in [7, 11) is 0. The van der Waals surface area contributed by atoms with E-state index in [1.807, 2.05) is 30.3 Å². The molecule has 0 aliphatic carbocycles. The summed E-state index contributed by atoms with van der Waals surface area (Å²) in [6.07, 6.45) is 1.28. The lowest BCUT2D eigenvalue weighted by molar-refractivity contribution is -0.140. The molecule has 8 heteroatoms. The number of esters is 1. The number of carbonyl (C=O) groups is 3. The van der Waals surface area contributed by atoms with Gasteiger partial charge in [0.15, 0.2) is 0 Å². The first-order valence-electron chi connectivity index (χ1n) is 8.59. The van der Waals surface area contributed by atoms with Crippen LogP contribution in [-0.4, -0.2) is 23.3 Å². The summed E-state index contributed by atoms with van der Waals surface area (Å²) < 4.78 is 5.27. The predicted molar refractivity (Wildman–Crippen MR) is 102 cm³/mol. The highest BCUT2D eigenvalue weighted by Crippen LogP contribution is 2.33. The van der Waals surface area contributed by atoms with Gasteiger partial charge in [-0.2, -0.15) is 0 Å². The fraction of sp³-hybridized carbons (Fsp3) is 0.150. The minimum Gasteiger partial charge on any atom is -0.456 e. The number of nitrogens with one attached hydrogen (secondary N) is 2. The SMILES string of the molecule is O=C(OCc1ccccc1)C1=C[C@]2(CC(=O)N(c3cccc(Cl)c3)C2=O)NN1. The van der Waals surface area contributed by atoms with Crippen LogP contribution in [0.15, 0.2) is 66.4 Å². The number of amides is 2. The normalized spacial score (nSPS) is 21.0. The summed E-state index contributed by atoms with van der Waals surface area (Å²) in [5, 5.41) is 0.414. The van der Waals surface area contributed by atoms with E-state index in [0.717, 1.165) is 10.5 Å². The summed E-state index contributed by atoms with van der Waals surface area (Å²) in [6.45, 7) is 0.104. The second-order valence-electron chi connectivity index (χ2n) is 6.53. The Balaban J connectivity index is 1.51. The zero-order valence-electron chi connectivity index (χ0n) is 14.6. The lowest BCUT2D eigenvalue weighted by Gasteiger charge is -2.20. The molecule has 28 heavy (non-hydrogen) atoms. The summed E-state index contributed by atoms with van der Waals surface area (Å²) >= 11 is 5.97. The number of hydrogen-bond acceptors (Lipinski definition) is 6. The van der Waals surface area contributed by atoms with Crippen molar-refractivity contribution in [3.8, 4) is 0 Å². The van der Waals surface area contributed by atoms with E-state index in [1.165, 1.54) is 12.1 Å². The van der Waals surface area contributed by atoms with Gasteiger partial charge in [-0.25, -0.2) is 15.1 Å². The summed E-state index contributed by atoms with van der Waals surface area (Å²) in [5.41, 5.74) is 5.42. The number of hydrazine groups is 1. The first-order chi connectivity index (χ1) is 13.5. The summed E-state index contributed by atoms with van der Waals surface area (Å²) in [4.78, 5) is 38.8. The maximum absolute atomic E-state index is 13.0. The molecule has 0 aromatic heterocycles. The van der Waals surface area contributed by atoms with Crippen molar-refractivity contribution in [3.05, 3.63) is 77.0 Å². The molecule has 1 saturated heterocycles. The van der Waals surface area contributed by atoms with Crippen LogP contribution in [0.4, 0.5) is 5.69 Å². The van der Waals surface area contributed by atoms with Crippen LogP contribution in [0.1, 0.15) is 12.0 Å². The third kappa shape index (κ3) is 3.26. The van der Waals surface area contributed by atoms with Gasteiger partial charge in [-0.05, 0) is 29.8 Å². The Kier molecular flexibility index (Phi) is 4.62. The van der Waals surface area contributed by atoms with Crippen molar-refractivity contribution < 1.29 is 19.1 Å². The van der Waals surface area contributed by atoms with Crippen molar-refractivity contribution in [2.24, 2.45) is 0 Å². The number of rotatable bonds is 4. The monoisotopic (exact) mass is 397 g/mol. The van der Waals surface area contributed by atoms with E-state index in [-0.39, 0.29) is 18.7 Å². The molecule has 7 nitrogen and oxygen atoms in total. The number of imide groups is 1. The maximum atomic E-state index is 13.0. The maximum Gasteiger partial charge on any atom is 0.355 e. The van der Waals surface area contributed by atoms with Gasteiger partial charge in [-0.1, -0.05) is 48.0 Å². The highest BCUT2D eigenvalue weighted by Gasteiger charge is 2.54. The number of carbonyl (C=O) groups excluding carboxylic acids is 3. The minimum absolute atomic E-state index is 0.0880. The smallest absolute Gasteiger partial charge is 0.355 e. The molecule has 0 bridgehead atoms. The number of anilines is 1. The highest BCUT2D eigenvalue weighted by atomic mass is 35.5. The molecule has 2 amide bonds. The van der Waals surface area contributed by atoms with Crippen molar-refractivity contribution in [2.45, 2.75) is 18.6 Å². The van der Waals surface area contributed by atoms with Gasteiger partial charge in [-0.15, -0.1) is 0 Å². The Hall–Kier alpha value is -3.16. The van der Waals surface area contributed by atoms with E-state index in [2.05, 4.69) is 10.9 Å². The fourth-order valence-corrected chi connectivity index (χ4v) is 3.39. The van der Waals surface area contributed by atoms with Crippen molar-refractivity contribution in [2.75, 3.05) is 4.90 Å². The molecule has 2 aromatic carbocycles. The predicted octanol–water partition coefficient (Wildman–Crippen LogP) is 2.08. The Bertz CT molecular complexity index is 992. The Morgan fingerprint density at radius 1 is 1.14 bits per heavy atom. The molecule has 142 valence electrons. The topological polar surface area (TPSA) is 87.7 Å². The average molecular weight is 398 g/mol. The minimum atomic E-state index is -1.33. The molecule has 4 rings (SSSR count). The van der Waals surface area contributed by atoms with Gasteiger partial charge in [-0.3, -0.25) is 9.59 Å². The lowest BCUT2D eigenvalue weighted by Crippen LogP contribution is -2.51. The van der Waals surface area contributed by atoms with Crippen molar-refractivity contribution in [3.63, 3.8) is 0 Å². The van der Waals surface area contributed by atoms with Gasteiger partial charge in [0.05, 0.1) is 12.1 Å². The van der Waals surface area contributed by atoms with Gasteiger partial charge >= 0.3 is 5.97 Å². The molecule has 2 N–H and O–H groups in total. The molecular formula is C20H16ClN3O4. The lowest BCUT2D eigenvalue weighted by atomic mass is 9.98. The van der Waals surface area contributed by atoms with Gasteiger partial charge in [0, 0.05) is 5.02 Å². The average Bonchev–Trinajstić information content (AvgIpc) is 3.22. The third-order valence-corrected chi connectivity index (χ3v) is 4.81. The Labute approximate surface area is 165 Å². The largest absolute Gasteiger partial charge is 0.456 e. The zero-order chi connectivity index (χ0) is 19.7. The van der Waals surface area contributed by atoms with Gasteiger partial charge in [0.1, 0.15) is 17.8 Å². The molecule has 0 radical (unpaired) electrons. The van der Waals surface area contributed by atoms with Gasteiger partial charge in [0.2, 0.25) is 5.91 Å². The van der Waals surface area contributed by atoms with E-state index in [0.29, 0.717) is 10.7 Å². The number of nitrogens with zero attached hydrogens (tertiary/aromatic N) is 1. The fourth-order valence-electron chi connectivity index (χ4n) is 3.20. The quantitative estimate of drug-likeness (QED) is 0.606. The number of ether oxygens (including phenoxy) is 1. The van der Waals surface area contributed by atoms with Crippen molar-refractivity contribution >= 4 is 35.1 Å². The van der Waals surface area contributed by atoms with Crippen LogP contribution in [0, 0.1) is 0 Å². The van der Waals surface area contributed by atoms with E-state index in [9.17, 15) is 14.4 Å². The summed E-state index contributed by atoms with van der Waals surface area (Å²) in [6, 6.07) is 15.7. The Morgan fingerprint density at radius 2 is 1.93 bits per heavy atom. The van der Waals surface area contributed by atoms with Gasteiger partial charge in [0.25, 0.3) is 5.91 Å². The first kappa shape index (κ1) is 18.2. The summed E-state index contributed by atoms with van der Waals surface area (Å²) in [5.74, 6) is -1.50. The molecule has 2 aliphatic rings. The highest BCUT2D eigenvalue weighted by molar-refractivity contribution is 6.31. The number of benzene rings is 2. The zero-order valence-corrected chi connectivity index (χ0v) is 15.4. The molecular weight excluding hydrogens is 382 g/mol. The molecule has 0 unspecified atom stereocenters. The molecule has 2 aromatic rings. The molecule has 0 saturated carbocycles. The first-order valence-corrected chi connectivity index (χ1v) is 8.96. The standard InChI is InChI=1S/C20H16ClN3O4/c21-14-7-4-8-15(9-14)24-17(25)11-20(19(24)27)10-16(22-23-20)18(26)28-12-13-5-2-1-3-6-13/h1-10,22-23H,11-12H2/t20-/m1/s1. The van der Waals surface area contributed by atoms with E-state index < -0.39 is 23.3 Å². The molecule has 1 spiro atoms. The molecule has 1 atom stereocenters. The van der Waals surface area contributed by atoms with Crippen LogP contribution in [0.3, 0.4) is 0 Å². The van der Waals surface area contributed by atoms with Crippen LogP contribution in [-0.2, 0) is 25.7 Å². The second-order valence-corrected chi connectivity index (χ2v) is 6.97. The van der Waals surface area contributed by atoms with Crippen LogP contribution in [0.5, 0.6) is 0 Å². The van der Waals surface area contributed by atoms with E-state index in [1.54, 1.807) is 18.2 Å². The van der Waals surface area contributed by atoms with E-state index in [4.69, 9.17) is 16.3 Å². The number of hydrogen-bond donors (Lipinski definition) is 2. The molecule has 2 aliphatic heterocycles. The van der Waals surface area contributed by atoms with Crippen LogP contribution < -0.4 is 15.8 Å². The molecule has 1 fully saturated rings.